The molecule has 1 amide bonds. The summed E-state index contributed by atoms with van der Waals surface area (Å²) in [7, 11) is -3.44. The van der Waals surface area contributed by atoms with Crippen molar-refractivity contribution in [2.24, 2.45) is 5.92 Å². The Hall–Kier alpha value is -1.87. The zero-order valence-electron chi connectivity index (χ0n) is 20.6. The monoisotopic (exact) mass is 496 g/mol. The lowest BCUT2D eigenvalue weighted by Gasteiger charge is -2.46. The molecule has 2 bridgehead atoms. The molecule has 0 spiro atoms. The Kier molecular flexibility index (Phi) is 7.16. The molecular formula is C25H37FN2O5S. The number of carbonyl (C=O) groups excluding carboxylic acids is 1. The van der Waals surface area contributed by atoms with Crippen molar-refractivity contribution in [3.05, 3.63) is 24.0 Å². The van der Waals surface area contributed by atoms with E-state index in [1.165, 1.54) is 12.1 Å². The molecule has 1 saturated carbocycles. The van der Waals surface area contributed by atoms with Crippen molar-refractivity contribution in [1.82, 2.24) is 9.80 Å². The van der Waals surface area contributed by atoms with Gasteiger partial charge in [0.15, 0.2) is 21.4 Å². The number of benzene rings is 1. The summed E-state index contributed by atoms with van der Waals surface area (Å²) in [6.45, 7) is 7.96. The lowest BCUT2D eigenvalue weighted by atomic mass is 9.85. The number of halogens is 1. The van der Waals surface area contributed by atoms with Crippen molar-refractivity contribution in [2.75, 3.05) is 26.0 Å². The number of nitrogens with zero attached hydrogens (tertiary/aromatic N) is 2. The molecule has 1 aromatic rings. The second kappa shape index (κ2) is 9.64. The quantitative estimate of drug-likeness (QED) is 0.607. The average Bonchev–Trinajstić information content (AvgIpc) is 3.01. The molecule has 1 aliphatic carbocycles. The summed E-state index contributed by atoms with van der Waals surface area (Å²) in [5.74, 6) is -0.190. The molecule has 9 heteroatoms. The summed E-state index contributed by atoms with van der Waals surface area (Å²) in [4.78, 5) is 17.2. The lowest BCUT2D eigenvalue weighted by molar-refractivity contribution is -0.0158. The molecule has 2 heterocycles. The first-order valence-electron chi connectivity index (χ1n) is 12.3. The summed E-state index contributed by atoms with van der Waals surface area (Å²) in [5, 5.41) is 0. The molecular weight excluding hydrogens is 459 g/mol. The summed E-state index contributed by atoms with van der Waals surface area (Å²) in [6, 6.07) is 4.77. The topological polar surface area (TPSA) is 76.2 Å². The highest BCUT2D eigenvalue weighted by atomic mass is 32.2. The van der Waals surface area contributed by atoms with E-state index >= 15 is 0 Å². The Morgan fingerprint density at radius 2 is 1.62 bits per heavy atom. The van der Waals surface area contributed by atoms with Crippen molar-refractivity contribution in [2.45, 2.75) is 87.9 Å². The van der Waals surface area contributed by atoms with E-state index in [1.54, 1.807) is 0 Å². The number of amides is 1. The van der Waals surface area contributed by atoms with Gasteiger partial charge in [0.1, 0.15) is 5.60 Å². The van der Waals surface area contributed by atoms with Crippen LogP contribution in [0.4, 0.5) is 9.18 Å². The third kappa shape index (κ3) is 5.85. The molecule has 1 aromatic carbocycles. The van der Waals surface area contributed by atoms with Crippen LogP contribution in [0.15, 0.2) is 23.1 Å². The van der Waals surface area contributed by atoms with E-state index in [0.29, 0.717) is 18.6 Å². The Morgan fingerprint density at radius 3 is 2.15 bits per heavy atom. The average molecular weight is 497 g/mol. The van der Waals surface area contributed by atoms with Crippen LogP contribution in [-0.4, -0.2) is 74.0 Å². The molecule has 4 rings (SSSR count). The first-order chi connectivity index (χ1) is 15.9. The first-order valence-corrected chi connectivity index (χ1v) is 14.2. The summed E-state index contributed by atoms with van der Waals surface area (Å²) < 4.78 is 48.8. The van der Waals surface area contributed by atoms with Gasteiger partial charge in [-0.3, -0.25) is 9.80 Å². The Morgan fingerprint density at radius 1 is 1.03 bits per heavy atom. The molecule has 0 radical (unpaired) electrons. The predicted octanol–water partition coefficient (Wildman–Crippen LogP) is 4.25. The zero-order valence-corrected chi connectivity index (χ0v) is 21.4. The maximum atomic E-state index is 14.3. The van der Waals surface area contributed by atoms with Gasteiger partial charge in [0.25, 0.3) is 0 Å². The van der Waals surface area contributed by atoms with Gasteiger partial charge in [0.05, 0.1) is 11.5 Å². The molecule has 3 fully saturated rings. The van der Waals surface area contributed by atoms with Crippen LogP contribution in [0, 0.1) is 11.7 Å². The molecule has 7 nitrogen and oxygen atoms in total. The van der Waals surface area contributed by atoms with Crippen LogP contribution in [0.3, 0.4) is 0 Å². The van der Waals surface area contributed by atoms with Crippen LogP contribution in [0.5, 0.6) is 5.75 Å². The highest BCUT2D eigenvalue weighted by Crippen LogP contribution is 2.36. The van der Waals surface area contributed by atoms with E-state index in [9.17, 15) is 17.6 Å². The van der Waals surface area contributed by atoms with E-state index in [4.69, 9.17) is 9.47 Å². The maximum absolute atomic E-state index is 14.3. The number of rotatable bonds is 5. The summed E-state index contributed by atoms with van der Waals surface area (Å²) >= 11 is 0. The molecule has 2 atom stereocenters. The van der Waals surface area contributed by atoms with Gasteiger partial charge in [0.2, 0.25) is 0 Å². The van der Waals surface area contributed by atoms with Crippen molar-refractivity contribution >= 4 is 15.9 Å². The minimum Gasteiger partial charge on any atom is -0.490 e. The van der Waals surface area contributed by atoms with Crippen LogP contribution in [0.25, 0.3) is 0 Å². The van der Waals surface area contributed by atoms with Crippen LogP contribution in [0.1, 0.15) is 59.3 Å². The van der Waals surface area contributed by atoms with Gasteiger partial charge < -0.3 is 9.47 Å². The van der Waals surface area contributed by atoms with Crippen LogP contribution in [0.2, 0.25) is 0 Å². The number of ether oxygens (including phenoxy) is 2. The zero-order chi connectivity index (χ0) is 24.7. The van der Waals surface area contributed by atoms with Gasteiger partial charge in [-0.05, 0) is 83.4 Å². The van der Waals surface area contributed by atoms with E-state index in [1.807, 2.05) is 25.7 Å². The Bertz CT molecular complexity index is 987. The van der Waals surface area contributed by atoms with Gasteiger partial charge in [-0.1, -0.05) is 0 Å². The fourth-order valence-corrected chi connectivity index (χ4v) is 6.19. The fourth-order valence-electron chi connectivity index (χ4n) is 5.56. The minimum atomic E-state index is -3.44. The standard InChI is InChI=1S/C25H37FN2O5S/c1-25(2,3)33-24(29)28-19-9-10-20(28)15-27(14-19)18-7-5-17(6-8-18)16-32-23-12-11-21(13-22(23)26)34(4,30)31/h11-13,17-20H,5-10,14-16H2,1-4H3/t17?,18?,19-,20-/m1/s1. The van der Waals surface area contributed by atoms with Crippen LogP contribution < -0.4 is 4.74 Å². The number of sulfone groups is 1. The van der Waals surface area contributed by atoms with Crippen molar-refractivity contribution in [3.63, 3.8) is 0 Å². The minimum absolute atomic E-state index is 0.0430. The SMILES string of the molecule is CC(C)(C)OC(=O)N1[C@@H]2CC[C@@H]1CN(C1CCC(COc3ccc(S(C)(=O)=O)cc3F)CC1)C2. The van der Waals surface area contributed by atoms with E-state index in [-0.39, 0.29) is 28.8 Å². The number of hydrogen-bond acceptors (Lipinski definition) is 6. The summed E-state index contributed by atoms with van der Waals surface area (Å²) in [6.07, 6.45) is 7.09. The van der Waals surface area contributed by atoms with Gasteiger partial charge in [0, 0.05) is 37.5 Å². The maximum Gasteiger partial charge on any atom is 0.410 e. The second-order valence-electron chi connectivity index (χ2n) is 11.1. The van der Waals surface area contributed by atoms with Gasteiger partial charge in [-0.25, -0.2) is 17.6 Å². The number of hydrogen-bond donors (Lipinski definition) is 0. The van der Waals surface area contributed by atoms with Crippen LogP contribution in [-0.2, 0) is 14.6 Å². The van der Waals surface area contributed by atoms with Gasteiger partial charge in [-0.15, -0.1) is 0 Å². The predicted molar refractivity (Wildman–Crippen MR) is 127 cm³/mol. The Labute approximate surface area is 202 Å². The third-order valence-corrected chi connectivity index (χ3v) is 8.36. The number of carbonyl (C=O) groups is 1. The third-order valence-electron chi connectivity index (χ3n) is 7.25. The fraction of sp³-hybridized carbons (Fsp3) is 0.720. The van der Waals surface area contributed by atoms with Crippen LogP contribution >= 0.6 is 0 Å². The summed E-state index contributed by atoms with van der Waals surface area (Å²) in [5.41, 5.74) is -0.479. The normalized spacial score (nSPS) is 28.1. The smallest absolute Gasteiger partial charge is 0.410 e. The van der Waals surface area contributed by atoms with E-state index < -0.39 is 21.3 Å². The highest BCUT2D eigenvalue weighted by Gasteiger charge is 2.45. The van der Waals surface area contributed by atoms with E-state index in [2.05, 4.69) is 4.90 Å². The van der Waals surface area contributed by atoms with Gasteiger partial charge >= 0.3 is 6.09 Å². The second-order valence-corrected chi connectivity index (χ2v) is 13.1. The largest absolute Gasteiger partial charge is 0.490 e. The number of piperazine rings is 1. The molecule has 0 aromatic heterocycles. The van der Waals surface area contributed by atoms with Crippen molar-refractivity contribution in [1.29, 1.82) is 0 Å². The first kappa shape index (κ1) is 25.2. The molecule has 3 aliphatic rings. The Balaban J connectivity index is 1.25. The van der Waals surface area contributed by atoms with Crippen molar-refractivity contribution in [3.8, 4) is 5.75 Å². The molecule has 2 aliphatic heterocycles. The molecule has 0 unspecified atom stereocenters. The molecule has 34 heavy (non-hydrogen) atoms. The number of fused-ring (bicyclic) bond motifs is 2. The highest BCUT2D eigenvalue weighted by molar-refractivity contribution is 7.90. The molecule has 0 N–H and O–H groups in total. The number of likely N-dealkylation sites (tertiary alicyclic amines) is 1. The van der Waals surface area contributed by atoms with Crippen molar-refractivity contribution < 1.29 is 27.1 Å². The molecule has 190 valence electrons. The van der Waals surface area contributed by atoms with Gasteiger partial charge in [-0.2, -0.15) is 0 Å². The van der Waals surface area contributed by atoms with E-state index in [0.717, 1.165) is 63.9 Å². The molecule has 2 saturated heterocycles. The lowest BCUT2D eigenvalue weighted by Crippen LogP contribution is -2.59.